The molecule has 3 N–H and O–H groups in total. The fraction of sp³-hybridized carbons (Fsp3) is 0.414. The highest BCUT2D eigenvalue weighted by atomic mass is 35.5. The average molecular weight is 1070 g/mol. The zero-order chi connectivity index (χ0) is 53.7. The minimum absolute atomic E-state index is 0.00251. The normalized spacial score (nSPS) is 16.1. The Kier molecular flexibility index (Phi) is 22.4. The summed E-state index contributed by atoms with van der Waals surface area (Å²) in [6.45, 7) is 11.1. The van der Waals surface area contributed by atoms with E-state index in [2.05, 4.69) is 33.9 Å². The minimum atomic E-state index is -0.382. The Morgan fingerprint density at radius 1 is 0.803 bits per heavy atom. The van der Waals surface area contributed by atoms with Gasteiger partial charge in [0.25, 0.3) is 11.8 Å². The van der Waals surface area contributed by atoms with E-state index in [4.69, 9.17) is 35.3 Å². The van der Waals surface area contributed by atoms with Crippen molar-refractivity contribution in [3.8, 4) is 17.2 Å². The number of anilines is 2. The molecule has 1 aromatic heterocycles. The van der Waals surface area contributed by atoms with Gasteiger partial charge in [0.15, 0.2) is 0 Å². The molecule has 0 radical (unpaired) electrons. The van der Waals surface area contributed by atoms with E-state index in [0.717, 1.165) is 45.6 Å². The molecule has 16 nitrogen and oxygen atoms in total. The molecule has 0 saturated carbocycles. The molecule has 1 fully saturated rings. The fourth-order valence-electron chi connectivity index (χ4n) is 9.58. The largest absolute Gasteiger partial charge is 0.378 e. The molecule has 0 aliphatic carbocycles. The number of benzene rings is 4. The topological polar surface area (TPSA) is 194 Å². The summed E-state index contributed by atoms with van der Waals surface area (Å²) < 4.78 is 28.2. The highest BCUT2D eigenvalue weighted by Gasteiger charge is 2.35. The monoisotopic (exact) mass is 1070 g/mol. The van der Waals surface area contributed by atoms with Crippen molar-refractivity contribution in [3.05, 3.63) is 140 Å². The number of hydrogen-bond acceptors (Lipinski definition) is 13. The fourth-order valence-corrected chi connectivity index (χ4v) is 10.3. The third kappa shape index (κ3) is 16.8. The number of nitrogens with one attached hydrogen (secondary N) is 3. The van der Waals surface area contributed by atoms with E-state index in [-0.39, 0.29) is 53.1 Å². The standard InChI is InChI=1S/C58H68ClN7O9S/c1-40-5-4-6-47(35-40)55(44-17-22-65(23-18-44)58(70)48(39-60)38-54-61-21-34-76-54)57(69)63-20-25-72-27-29-74-31-33-75-32-30-73-28-26-71-24-19-62-56(68)45-9-7-43(8-10-45)46-11-16-53-51(37-46)52(36-41(2)66(53)42(3)67)64-50-14-12-49(59)13-15-50/h4-16,21,34-35,37-38,41,44,52,55,64H,17-20,22-33,36H2,1-3H3,(H,62,68)(H,63,69)/b48-38+/t41-,52+,55?/m0/s1. The summed E-state index contributed by atoms with van der Waals surface area (Å²) in [5.41, 5.74) is 7.42. The molecule has 1 saturated heterocycles. The smallest absolute Gasteiger partial charge is 0.264 e. The number of fused-ring (bicyclic) bond motifs is 1. The molecule has 1 unspecified atom stereocenters. The number of carbonyl (C=O) groups is 4. The lowest BCUT2D eigenvalue weighted by Crippen LogP contribution is -2.43. The van der Waals surface area contributed by atoms with E-state index in [1.54, 1.807) is 23.4 Å². The maximum atomic E-state index is 13.7. The van der Waals surface area contributed by atoms with Crippen LogP contribution >= 0.6 is 22.9 Å². The van der Waals surface area contributed by atoms with Gasteiger partial charge in [-0.05, 0) is 116 Å². The van der Waals surface area contributed by atoms with Gasteiger partial charge in [-0.3, -0.25) is 19.2 Å². The number of carbonyl (C=O) groups excluding carboxylic acids is 4. The van der Waals surface area contributed by atoms with Crippen LogP contribution in [0.2, 0.25) is 5.02 Å². The van der Waals surface area contributed by atoms with Crippen LogP contribution in [-0.4, -0.2) is 132 Å². The van der Waals surface area contributed by atoms with Gasteiger partial charge in [0.05, 0.1) is 78.0 Å². The first-order valence-corrected chi connectivity index (χ1v) is 27.1. The third-order valence-electron chi connectivity index (χ3n) is 13.3. The molecule has 402 valence electrons. The number of amides is 4. The molecule has 4 amide bonds. The first-order chi connectivity index (χ1) is 37.0. The van der Waals surface area contributed by atoms with Crippen LogP contribution in [0.15, 0.2) is 108 Å². The molecule has 76 heavy (non-hydrogen) atoms. The average Bonchev–Trinajstić information content (AvgIpc) is 3.95. The first kappa shape index (κ1) is 57.2. The van der Waals surface area contributed by atoms with Gasteiger partial charge in [-0.25, -0.2) is 4.98 Å². The summed E-state index contributed by atoms with van der Waals surface area (Å²) in [4.78, 5) is 60.2. The van der Waals surface area contributed by atoms with Gasteiger partial charge in [-0.2, -0.15) is 5.26 Å². The first-order valence-electron chi connectivity index (χ1n) is 25.9. The van der Waals surface area contributed by atoms with Gasteiger partial charge in [-0.1, -0.05) is 59.6 Å². The summed E-state index contributed by atoms with van der Waals surface area (Å²) in [5, 5.41) is 22.3. The minimum Gasteiger partial charge on any atom is -0.378 e. The molecule has 18 heteroatoms. The number of piperidine rings is 1. The van der Waals surface area contributed by atoms with Crippen LogP contribution in [0.25, 0.3) is 17.2 Å². The Morgan fingerprint density at radius 2 is 1.42 bits per heavy atom. The zero-order valence-corrected chi connectivity index (χ0v) is 45.0. The number of ether oxygens (including phenoxy) is 5. The second kappa shape index (κ2) is 29.7. The van der Waals surface area contributed by atoms with Crippen molar-refractivity contribution in [3.63, 3.8) is 0 Å². The molecule has 2 aliphatic heterocycles. The number of likely N-dealkylation sites (tertiary alicyclic amines) is 1. The maximum absolute atomic E-state index is 13.7. The van der Waals surface area contributed by atoms with E-state index < -0.39 is 0 Å². The van der Waals surface area contributed by atoms with Crippen LogP contribution in [0.4, 0.5) is 11.4 Å². The van der Waals surface area contributed by atoms with Crippen LogP contribution in [0.1, 0.15) is 77.1 Å². The predicted octanol–water partition coefficient (Wildman–Crippen LogP) is 8.63. The van der Waals surface area contributed by atoms with Crippen molar-refractivity contribution in [2.75, 3.05) is 102 Å². The number of aryl methyl sites for hydroxylation is 1. The van der Waals surface area contributed by atoms with E-state index in [1.165, 1.54) is 17.4 Å². The van der Waals surface area contributed by atoms with Crippen LogP contribution in [0.5, 0.6) is 0 Å². The molecule has 4 aromatic carbocycles. The molecule has 5 aromatic rings. The Balaban J connectivity index is 0.699. The van der Waals surface area contributed by atoms with Crippen molar-refractivity contribution in [1.82, 2.24) is 20.5 Å². The van der Waals surface area contributed by atoms with Crippen molar-refractivity contribution in [2.24, 2.45) is 5.92 Å². The molecule has 0 bridgehead atoms. The van der Waals surface area contributed by atoms with Crippen molar-refractivity contribution >= 4 is 64.0 Å². The maximum Gasteiger partial charge on any atom is 0.264 e. The Morgan fingerprint density at radius 3 is 2.01 bits per heavy atom. The van der Waals surface area contributed by atoms with Crippen LogP contribution in [-0.2, 0) is 38.1 Å². The third-order valence-corrected chi connectivity index (χ3v) is 14.3. The predicted molar refractivity (Wildman–Crippen MR) is 295 cm³/mol. The van der Waals surface area contributed by atoms with Gasteiger partial charge in [0.1, 0.15) is 16.6 Å². The zero-order valence-electron chi connectivity index (χ0n) is 43.5. The number of rotatable bonds is 27. The molecule has 3 atom stereocenters. The molecule has 3 heterocycles. The van der Waals surface area contributed by atoms with Crippen LogP contribution in [0, 0.1) is 24.2 Å². The number of aromatic nitrogens is 1. The lowest BCUT2D eigenvalue weighted by molar-refractivity contribution is -0.128. The molecule has 0 spiro atoms. The number of nitrogens with zero attached hydrogens (tertiary/aromatic N) is 4. The Labute approximate surface area is 454 Å². The summed E-state index contributed by atoms with van der Waals surface area (Å²) in [6, 6.07) is 31.3. The lowest BCUT2D eigenvalue weighted by atomic mass is 9.79. The Bertz CT molecular complexity index is 2750. The summed E-state index contributed by atoms with van der Waals surface area (Å²) in [5.74, 6) is -0.933. The van der Waals surface area contributed by atoms with E-state index >= 15 is 0 Å². The van der Waals surface area contributed by atoms with E-state index in [9.17, 15) is 24.4 Å². The van der Waals surface area contributed by atoms with Gasteiger partial charge in [0, 0.05) is 72.7 Å². The van der Waals surface area contributed by atoms with Crippen molar-refractivity contribution < 1.29 is 42.9 Å². The van der Waals surface area contributed by atoms with Crippen molar-refractivity contribution in [1.29, 1.82) is 5.26 Å². The number of halogens is 1. The molecular formula is C58H68ClN7O9S. The molecular weight excluding hydrogens is 1010 g/mol. The second-order valence-electron chi connectivity index (χ2n) is 18.7. The van der Waals surface area contributed by atoms with Crippen molar-refractivity contribution in [2.45, 2.75) is 58.0 Å². The summed E-state index contributed by atoms with van der Waals surface area (Å²) >= 11 is 7.50. The molecule has 2 aliphatic rings. The summed E-state index contributed by atoms with van der Waals surface area (Å²) in [6.07, 6.45) is 5.17. The lowest BCUT2D eigenvalue weighted by Gasteiger charge is -2.39. The highest BCUT2D eigenvalue weighted by molar-refractivity contribution is 7.10. The van der Waals surface area contributed by atoms with Gasteiger partial charge < -0.3 is 49.4 Å². The quantitative estimate of drug-likeness (QED) is 0.0258. The van der Waals surface area contributed by atoms with Gasteiger partial charge in [0.2, 0.25) is 11.8 Å². The summed E-state index contributed by atoms with van der Waals surface area (Å²) in [7, 11) is 0. The van der Waals surface area contributed by atoms with Crippen LogP contribution < -0.4 is 20.9 Å². The Hall–Kier alpha value is -6.49. The van der Waals surface area contributed by atoms with Crippen LogP contribution in [0.3, 0.4) is 0 Å². The number of hydrogen-bond donors (Lipinski definition) is 3. The van der Waals surface area contributed by atoms with E-state index in [0.29, 0.717) is 121 Å². The number of nitriles is 1. The van der Waals surface area contributed by atoms with Gasteiger partial charge >= 0.3 is 0 Å². The second-order valence-corrected chi connectivity index (χ2v) is 20.1. The SMILES string of the molecule is CC(=O)N1c2ccc(-c3ccc(C(=O)NCCOCCOCCOCCOCCOCCNC(=O)C(c4cccc(C)c4)C4CCN(C(=O)/C(C#N)=C/c5nccs5)CC4)cc3)cc2[C@H](Nc2ccc(Cl)cc2)C[C@@H]1C. The highest BCUT2D eigenvalue weighted by Crippen LogP contribution is 2.41. The number of thiazole rings is 1. The van der Waals surface area contributed by atoms with Gasteiger partial charge in [-0.15, -0.1) is 11.3 Å². The molecule has 7 rings (SSSR count). The van der Waals surface area contributed by atoms with E-state index in [1.807, 2.05) is 103 Å².